The quantitative estimate of drug-likeness (QED) is 0.819. The van der Waals surface area contributed by atoms with Gasteiger partial charge in [-0.25, -0.2) is 9.97 Å². The molecule has 5 nitrogen and oxygen atoms in total. The van der Waals surface area contributed by atoms with Gasteiger partial charge in [0.25, 0.3) is 0 Å². The number of aromatic nitrogens is 2. The van der Waals surface area contributed by atoms with Crippen molar-refractivity contribution in [2.45, 2.75) is 46.6 Å². The Morgan fingerprint density at radius 3 is 2.58 bits per heavy atom. The van der Waals surface area contributed by atoms with Crippen LogP contribution in [0, 0.1) is 0 Å². The molecule has 1 aromatic rings. The summed E-state index contributed by atoms with van der Waals surface area (Å²) >= 11 is 0. The van der Waals surface area contributed by atoms with Crippen LogP contribution in [0.1, 0.15) is 39.8 Å². The Morgan fingerprint density at radius 2 is 2.00 bits per heavy atom. The summed E-state index contributed by atoms with van der Waals surface area (Å²) in [6, 6.07) is 1.64. The number of likely N-dealkylation sites (N-methyl/N-ethyl adjacent to an activating group) is 1. The molecule has 0 radical (unpaired) electrons. The Labute approximate surface area is 115 Å². The Balaban J connectivity index is 2.68. The molecule has 1 atom stereocenters. The predicted molar refractivity (Wildman–Crippen MR) is 77.0 cm³/mol. The van der Waals surface area contributed by atoms with E-state index in [1.807, 2.05) is 31.7 Å². The Hall–Kier alpha value is -1.65. The minimum absolute atomic E-state index is 0.0978. The first-order valence-corrected chi connectivity index (χ1v) is 6.98. The van der Waals surface area contributed by atoms with E-state index in [1.54, 1.807) is 6.33 Å². The smallest absolute Gasteiger partial charge is 0.244 e. The average Bonchev–Trinajstić information content (AvgIpc) is 2.40. The molecule has 0 saturated carbocycles. The highest BCUT2D eigenvalue weighted by atomic mass is 16.2. The Bertz CT molecular complexity index is 404. The number of nitrogens with zero attached hydrogens (tertiary/aromatic N) is 3. The van der Waals surface area contributed by atoms with Crippen LogP contribution in [-0.4, -0.2) is 39.9 Å². The van der Waals surface area contributed by atoms with Crippen molar-refractivity contribution in [2.75, 3.05) is 18.4 Å². The molecule has 1 unspecified atom stereocenters. The van der Waals surface area contributed by atoms with Crippen molar-refractivity contribution in [1.29, 1.82) is 0 Å². The van der Waals surface area contributed by atoms with Gasteiger partial charge < -0.3 is 10.2 Å². The number of anilines is 1. The van der Waals surface area contributed by atoms with Crippen molar-refractivity contribution in [2.24, 2.45) is 0 Å². The minimum atomic E-state index is -0.274. The number of carbonyl (C=O) groups excluding carboxylic acids is 1. The molecule has 1 amide bonds. The standard InChI is InChI=1S/C14H24N4O/c1-5-8-12-9-13(16-10-15-12)17-11(4)14(19)18(6-2)7-3/h9-11H,5-8H2,1-4H3,(H,15,16,17). The first kappa shape index (κ1) is 15.4. The minimum Gasteiger partial charge on any atom is -0.359 e. The molecule has 0 spiro atoms. The highest BCUT2D eigenvalue weighted by molar-refractivity contribution is 5.83. The summed E-state index contributed by atoms with van der Waals surface area (Å²) in [5.41, 5.74) is 1.00. The third-order valence-corrected chi connectivity index (χ3v) is 3.04. The van der Waals surface area contributed by atoms with E-state index in [9.17, 15) is 4.79 Å². The fraction of sp³-hybridized carbons (Fsp3) is 0.643. The topological polar surface area (TPSA) is 58.1 Å². The number of hydrogen-bond acceptors (Lipinski definition) is 4. The second-order valence-electron chi connectivity index (χ2n) is 4.52. The van der Waals surface area contributed by atoms with Crippen molar-refractivity contribution in [3.05, 3.63) is 18.1 Å². The molecule has 0 aliphatic heterocycles. The summed E-state index contributed by atoms with van der Waals surface area (Å²) in [6.45, 7) is 9.40. The van der Waals surface area contributed by atoms with E-state index in [4.69, 9.17) is 0 Å². The number of carbonyl (C=O) groups is 1. The van der Waals surface area contributed by atoms with E-state index < -0.39 is 0 Å². The molecule has 106 valence electrons. The van der Waals surface area contributed by atoms with Crippen molar-refractivity contribution >= 4 is 11.7 Å². The summed E-state index contributed by atoms with van der Waals surface area (Å²) in [5, 5.41) is 3.15. The Kier molecular flexibility index (Phi) is 6.25. The summed E-state index contributed by atoms with van der Waals surface area (Å²) in [4.78, 5) is 22.3. The van der Waals surface area contributed by atoms with Crippen molar-refractivity contribution < 1.29 is 4.79 Å². The van der Waals surface area contributed by atoms with Crippen LogP contribution >= 0.6 is 0 Å². The monoisotopic (exact) mass is 264 g/mol. The summed E-state index contributed by atoms with van der Waals surface area (Å²) in [5.74, 6) is 0.812. The van der Waals surface area contributed by atoms with Crippen LogP contribution in [-0.2, 0) is 11.2 Å². The molecule has 0 aliphatic rings. The van der Waals surface area contributed by atoms with E-state index in [2.05, 4.69) is 22.2 Å². The molecule has 1 rings (SSSR count). The highest BCUT2D eigenvalue weighted by Gasteiger charge is 2.18. The number of amides is 1. The summed E-state index contributed by atoms with van der Waals surface area (Å²) in [6.07, 6.45) is 3.52. The third kappa shape index (κ3) is 4.50. The van der Waals surface area contributed by atoms with Crippen molar-refractivity contribution in [3.8, 4) is 0 Å². The molecule has 0 fully saturated rings. The van der Waals surface area contributed by atoms with Gasteiger partial charge in [0.1, 0.15) is 18.2 Å². The highest BCUT2D eigenvalue weighted by Crippen LogP contribution is 2.08. The van der Waals surface area contributed by atoms with Gasteiger partial charge in [0, 0.05) is 24.8 Å². The second kappa shape index (κ2) is 7.71. The van der Waals surface area contributed by atoms with Crippen molar-refractivity contribution in [3.63, 3.8) is 0 Å². The molecule has 19 heavy (non-hydrogen) atoms. The molecule has 5 heteroatoms. The predicted octanol–water partition coefficient (Wildman–Crippen LogP) is 2.10. The van der Waals surface area contributed by atoms with Crippen LogP contribution in [0.2, 0.25) is 0 Å². The SMILES string of the molecule is CCCc1cc(NC(C)C(=O)N(CC)CC)ncn1. The van der Waals surface area contributed by atoms with Gasteiger partial charge in [-0.2, -0.15) is 0 Å². The lowest BCUT2D eigenvalue weighted by atomic mass is 10.2. The zero-order valence-corrected chi connectivity index (χ0v) is 12.3. The summed E-state index contributed by atoms with van der Waals surface area (Å²) in [7, 11) is 0. The van der Waals surface area contributed by atoms with Gasteiger partial charge in [-0.1, -0.05) is 13.3 Å². The molecular weight excluding hydrogens is 240 g/mol. The van der Waals surface area contributed by atoms with Gasteiger partial charge in [0.05, 0.1) is 0 Å². The summed E-state index contributed by atoms with van der Waals surface area (Å²) < 4.78 is 0. The lowest BCUT2D eigenvalue weighted by Gasteiger charge is -2.23. The second-order valence-corrected chi connectivity index (χ2v) is 4.52. The van der Waals surface area contributed by atoms with E-state index >= 15 is 0 Å². The number of rotatable bonds is 7. The van der Waals surface area contributed by atoms with Crippen molar-refractivity contribution in [1.82, 2.24) is 14.9 Å². The maximum Gasteiger partial charge on any atom is 0.244 e. The van der Waals surface area contributed by atoms with Crippen LogP contribution in [0.25, 0.3) is 0 Å². The van der Waals surface area contributed by atoms with Gasteiger partial charge in [-0.15, -0.1) is 0 Å². The zero-order valence-electron chi connectivity index (χ0n) is 12.3. The van der Waals surface area contributed by atoms with Gasteiger partial charge in [-0.05, 0) is 27.2 Å². The number of hydrogen-bond donors (Lipinski definition) is 1. The first-order chi connectivity index (χ1) is 9.12. The van der Waals surface area contributed by atoms with Crippen LogP contribution in [0.15, 0.2) is 12.4 Å². The van der Waals surface area contributed by atoms with E-state index in [-0.39, 0.29) is 11.9 Å². The van der Waals surface area contributed by atoms with Gasteiger partial charge >= 0.3 is 0 Å². The lowest BCUT2D eigenvalue weighted by Crippen LogP contribution is -2.41. The normalized spacial score (nSPS) is 12.0. The molecule has 1 N–H and O–H groups in total. The maximum atomic E-state index is 12.1. The largest absolute Gasteiger partial charge is 0.359 e. The fourth-order valence-electron chi connectivity index (χ4n) is 1.96. The van der Waals surface area contributed by atoms with E-state index in [0.717, 1.165) is 31.6 Å². The van der Waals surface area contributed by atoms with Gasteiger partial charge in [-0.3, -0.25) is 4.79 Å². The van der Waals surface area contributed by atoms with E-state index in [0.29, 0.717) is 5.82 Å². The third-order valence-electron chi connectivity index (χ3n) is 3.04. The molecular formula is C14H24N4O. The van der Waals surface area contributed by atoms with Crippen LogP contribution in [0.3, 0.4) is 0 Å². The van der Waals surface area contributed by atoms with Crippen LogP contribution in [0.4, 0.5) is 5.82 Å². The van der Waals surface area contributed by atoms with Crippen LogP contribution in [0.5, 0.6) is 0 Å². The fourth-order valence-corrected chi connectivity index (χ4v) is 1.96. The maximum absolute atomic E-state index is 12.1. The van der Waals surface area contributed by atoms with Crippen LogP contribution < -0.4 is 5.32 Å². The lowest BCUT2D eigenvalue weighted by molar-refractivity contribution is -0.131. The number of nitrogens with one attached hydrogen (secondary N) is 1. The Morgan fingerprint density at radius 1 is 1.32 bits per heavy atom. The first-order valence-electron chi connectivity index (χ1n) is 6.98. The van der Waals surface area contributed by atoms with Gasteiger partial charge in [0.15, 0.2) is 0 Å². The molecule has 0 aromatic carbocycles. The molecule has 0 bridgehead atoms. The zero-order chi connectivity index (χ0) is 14.3. The number of aryl methyl sites for hydroxylation is 1. The average molecular weight is 264 g/mol. The molecule has 1 heterocycles. The molecule has 0 aliphatic carbocycles. The molecule has 1 aromatic heterocycles. The van der Waals surface area contributed by atoms with Gasteiger partial charge in [0.2, 0.25) is 5.91 Å². The van der Waals surface area contributed by atoms with E-state index in [1.165, 1.54) is 0 Å². The molecule has 0 saturated heterocycles.